The average molecular weight is 251 g/mol. The first-order valence-corrected chi connectivity index (χ1v) is 6.08. The van der Waals surface area contributed by atoms with Crippen molar-refractivity contribution in [2.75, 3.05) is 0 Å². The first kappa shape index (κ1) is 12.7. The molecule has 1 saturated carbocycles. The van der Waals surface area contributed by atoms with Gasteiger partial charge in [0.2, 0.25) is 0 Å². The molecule has 0 saturated heterocycles. The van der Waals surface area contributed by atoms with Gasteiger partial charge in [-0.2, -0.15) is 0 Å². The summed E-state index contributed by atoms with van der Waals surface area (Å²) in [6.07, 6.45) is 1.83. The zero-order valence-corrected chi connectivity index (χ0v) is 10.5. The van der Waals surface area contributed by atoms with Crippen molar-refractivity contribution in [1.82, 2.24) is 5.32 Å². The number of hydrogen-bond donors (Lipinski definition) is 2. The zero-order valence-electron chi connectivity index (χ0n) is 10.5. The van der Waals surface area contributed by atoms with Crippen LogP contribution in [0.3, 0.4) is 0 Å². The molecule has 0 bridgehead atoms. The van der Waals surface area contributed by atoms with Gasteiger partial charge < -0.3 is 14.8 Å². The highest BCUT2D eigenvalue weighted by atomic mass is 16.4. The van der Waals surface area contributed by atoms with Gasteiger partial charge in [-0.15, -0.1) is 0 Å². The van der Waals surface area contributed by atoms with Crippen molar-refractivity contribution in [3.63, 3.8) is 0 Å². The Hall–Kier alpha value is -1.78. The molecule has 0 spiro atoms. The second-order valence-corrected chi connectivity index (χ2v) is 4.89. The molecule has 1 aliphatic rings. The number of furan rings is 1. The van der Waals surface area contributed by atoms with Crippen LogP contribution in [0.1, 0.15) is 41.1 Å². The number of carbonyl (C=O) groups is 2. The minimum atomic E-state index is -0.781. The molecule has 0 aromatic carbocycles. The summed E-state index contributed by atoms with van der Waals surface area (Å²) in [6.45, 7) is 3.61. The minimum Gasteiger partial charge on any atom is -0.481 e. The fourth-order valence-corrected chi connectivity index (χ4v) is 2.45. The van der Waals surface area contributed by atoms with Crippen LogP contribution in [0, 0.1) is 19.8 Å². The lowest BCUT2D eigenvalue weighted by atomic mass is 10.1. The van der Waals surface area contributed by atoms with Gasteiger partial charge in [0.15, 0.2) is 5.76 Å². The third kappa shape index (κ3) is 2.55. The van der Waals surface area contributed by atoms with Gasteiger partial charge in [-0.05, 0) is 39.2 Å². The predicted octanol–water partition coefficient (Wildman–Crippen LogP) is 1.88. The van der Waals surface area contributed by atoms with Crippen molar-refractivity contribution in [1.29, 1.82) is 0 Å². The number of carboxylic acid groups (broad SMARTS) is 1. The standard InChI is InChI=1S/C13H17NO4/c1-7-5-8(2)18-11(7)12(15)14-10-4-3-9(6-10)13(16)17/h5,9-10H,3-4,6H2,1-2H3,(H,14,15)(H,16,17)/t9-,10+/m1/s1. The third-order valence-corrected chi connectivity index (χ3v) is 3.36. The van der Waals surface area contributed by atoms with Crippen molar-refractivity contribution in [3.8, 4) is 0 Å². The van der Waals surface area contributed by atoms with Gasteiger partial charge in [0.05, 0.1) is 5.92 Å². The first-order chi connectivity index (χ1) is 8.47. The van der Waals surface area contributed by atoms with E-state index in [1.54, 1.807) is 6.92 Å². The summed E-state index contributed by atoms with van der Waals surface area (Å²) in [5.41, 5.74) is 0.804. The van der Waals surface area contributed by atoms with Crippen LogP contribution in [0.25, 0.3) is 0 Å². The number of aryl methyl sites for hydroxylation is 2. The van der Waals surface area contributed by atoms with Gasteiger partial charge in [0.1, 0.15) is 5.76 Å². The van der Waals surface area contributed by atoms with E-state index in [-0.39, 0.29) is 17.9 Å². The van der Waals surface area contributed by atoms with E-state index in [2.05, 4.69) is 5.32 Å². The van der Waals surface area contributed by atoms with E-state index in [1.165, 1.54) is 0 Å². The molecule has 1 fully saturated rings. The molecule has 2 N–H and O–H groups in total. The SMILES string of the molecule is Cc1cc(C)c(C(=O)N[C@H]2CC[C@@H](C(=O)O)C2)o1. The summed E-state index contributed by atoms with van der Waals surface area (Å²) in [7, 11) is 0. The van der Waals surface area contributed by atoms with Crippen molar-refractivity contribution < 1.29 is 19.1 Å². The number of nitrogens with one attached hydrogen (secondary N) is 1. The van der Waals surface area contributed by atoms with E-state index in [1.807, 2.05) is 13.0 Å². The Balaban J connectivity index is 1.97. The Morgan fingerprint density at radius 1 is 1.39 bits per heavy atom. The summed E-state index contributed by atoms with van der Waals surface area (Å²) in [6, 6.07) is 1.74. The van der Waals surface area contributed by atoms with Crippen molar-refractivity contribution in [2.24, 2.45) is 5.92 Å². The number of carboxylic acids is 1. The van der Waals surface area contributed by atoms with E-state index in [4.69, 9.17) is 9.52 Å². The maximum Gasteiger partial charge on any atom is 0.306 e. The molecule has 1 aromatic rings. The minimum absolute atomic E-state index is 0.0663. The highest BCUT2D eigenvalue weighted by Gasteiger charge is 2.31. The Morgan fingerprint density at radius 2 is 2.11 bits per heavy atom. The second kappa shape index (κ2) is 4.84. The van der Waals surface area contributed by atoms with E-state index < -0.39 is 5.97 Å². The number of hydrogen-bond acceptors (Lipinski definition) is 3. The molecular formula is C13H17NO4. The molecule has 1 aliphatic carbocycles. The highest BCUT2D eigenvalue weighted by molar-refractivity contribution is 5.93. The van der Waals surface area contributed by atoms with Crippen LogP contribution in [-0.2, 0) is 4.79 Å². The zero-order chi connectivity index (χ0) is 13.3. The smallest absolute Gasteiger partial charge is 0.306 e. The Kier molecular flexibility index (Phi) is 3.41. The van der Waals surface area contributed by atoms with Crippen LogP contribution in [0.4, 0.5) is 0 Å². The maximum atomic E-state index is 12.0. The summed E-state index contributed by atoms with van der Waals surface area (Å²) in [5, 5.41) is 11.7. The van der Waals surface area contributed by atoms with Crippen LogP contribution < -0.4 is 5.32 Å². The lowest BCUT2D eigenvalue weighted by Gasteiger charge is -2.11. The van der Waals surface area contributed by atoms with Crippen molar-refractivity contribution >= 4 is 11.9 Å². The van der Waals surface area contributed by atoms with Crippen LogP contribution in [-0.4, -0.2) is 23.0 Å². The Morgan fingerprint density at radius 3 is 2.61 bits per heavy atom. The molecule has 0 radical (unpaired) electrons. The second-order valence-electron chi connectivity index (χ2n) is 4.89. The lowest BCUT2D eigenvalue weighted by molar-refractivity contribution is -0.141. The summed E-state index contributed by atoms with van der Waals surface area (Å²) >= 11 is 0. The monoisotopic (exact) mass is 251 g/mol. The van der Waals surface area contributed by atoms with Crippen LogP contribution in [0.5, 0.6) is 0 Å². The quantitative estimate of drug-likeness (QED) is 0.859. The van der Waals surface area contributed by atoms with Gasteiger partial charge in [-0.1, -0.05) is 0 Å². The maximum absolute atomic E-state index is 12.0. The normalized spacial score (nSPS) is 23.0. The third-order valence-electron chi connectivity index (χ3n) is 3.36. The fraction of sp³-hybridized carbons (Fsp3) is 0.538. The molecule has 1 amide bonds. The predicted molar refractivity (Wildman–Crippen MR) is 64.4 cm³/mol. The van der Waals surface area contributed by atoms with E-state index in [9.17, 15) is 9.59 Å². The fourth-order valence-electron chi connectivity index (χ4n) is 2.45. The van der Waals surface area contributed by atoms with Gasteiger partial charge in [0, 0.05) is 11.6 Å². The van der Waals surface area contributed by atoms with Crippen molar-refractivity contribution in [3.05, 3.63) is 23.2 Å². The Bertz CT molecular complexity index is 477. The molecule has 98 valence electrons. The van der Waals surface area contributed by atoms with Crippen LogP contribution in [0.2, 0.25) is 0 Å². The molecule has 0 aliphatic heterocycles. The average Bonchev–Trinajstić information content (AvgIpc) is 2.85. The van der Waals surface area contributed by atoms with Crippen molar-refractivity contribution in [2.45, 2.75) is 39.2 Å². The molecule has 5 heteroatoms. The molecule has 0 unspecified atom stereocenters. The van der Waals surface area contributed by atoms with Gasteiger partial charge in [-0.3, -0.25) is 9.59 Å². The molecule has 1 aromatic heterocycles. The van der Waals surface area contributed by atoms with Crippen LogP contribution >= 0.6 is 0 Å². The molecule has 18 heavy (non-hydrogen) atoms. The molecule has 5 nitrogen and oxygen atoms in total. The number of amides is 1. The van der Waals surface area contributed by atoms with Gasteiger partial charge >= 0.3 is 5.97 Å². The molecular weight excluding hydrogens is 234 g/mol. The number of carbonyl (C=O) groups excluding carboxylic acids is 1. The first-order valence-electron chi connectivity index (χ1n) is 6.08. The van der Waals surface area contributed by atoms with E-state index >= 15 is 0 Å². The van der Waals surface area contributed by atoms with Gasteiger partial charge in [-0.25, -0.2) is 0 Å². The lowest BCUT2D eigenvalue weighted by Crippen LogP contribution is -2.33. The van der Waals surface area contributed by atoms with Gasteiger partial charge in [0.25, 0.3) is 5.91 Å². The molecule has 2 atom stereocenters. The number of aliphatic carboxylic acids is 1. The molecule has 1 heterocycles. The van der Waals surface area contributed by atoms with E-state index in [0.717, 1.165) is 5.56 Å². The van der Waals surface area contributed by atoms with Crippen LogP contribution in [0.15, 0.2) is 10.5 Å². The topological polar surface area (TPSA) is 79.5 Å². The summed E-state index contributed by atoms with van der Waals surface area (Å²) < 4.78 is 5.33. The summed E-state index contributed by atoms with van der Waals surface area (Å²) in [5.74, 6) is -0.345. The number of rotatable bonds is 3. The van der Waals surface area contributed by atoms with E-state index in [0.29, 0.717) is 30.8 Å². The molecule has 2 rings (SSSR count). The highest BCUT2D eigenvalue weighted by Crippen LogP contribution is 2.26. The summed E-state index contributed by atoms with van der Waals surface area (Å²) in [4.78, 5) is 22.8. The Labute approximate surface area is 105 Å². The largest absolute Gasteiger partial charge is 0.481 e.